The van der Waals surface area contributed by atoms with Crippen LogP contribution >= 0.6 is 0 Å². The fourth-order valence-electron chi connectivity index (χ4n) is 6.21. The van der Waals surface area contributed by atoms with Crippen LogP contribution in [0.3, 0.4) is 0 Å². The Morgan fingerprint density at radius 3 is 2.61 bits per heavy atom. The topological polar surface area (TPSA) is 75.2 Å². The number of hydrogen-bond donors (Lipinski definition) is 1. The second kappa shape index (κ2) is 10.1. The van der Waals surface area contributed by atoms with E-state index in [0.29, 0.717) is 30.6 Å². The van der Waals surface area contributed by atoms with Crippen LogP contribution < -0.4 is 20.0 Å². The lowest BCUT2D eigenvalue weighted by Crippen LogP contribution is -2.73. The van der Waals surface area contributed by atoms with Gasteiger partial charge in [-0.1, -0.05) is 30.3 Å². The Morgan fingerprint density at radius 1 is 1.00 bits per heavy atom. The third-order valence-corrected chi connectivity index (χ3v) is 8.44. The minimum Gasteiger partial charge on any atom is -0.494 e. The number of likely N-dealkylation sites (tertiary alicyclic amines) is 1. The fourth-order valence-corrected chi connectivity index (χ4v) is 6.21. The van der Waals surface area contributed by atoms with Gasteiger partial charge in [0, 0.05) is 49.9 Å². The third-order valence-electron chi connectivity index (χ3n) is 8.44. The number of anilines is 4. The highest BCUT2D eigenvalue weighted by molar-refractivity contribution is 5.70. The van der Waals surface area contributed by atoms with Crippen molar-refractivity contribution in [1.82, 2.24) is 14.9 Å². The monoisotopic (exact) mass is 514 g/mol. The van der Waals surface area contributed by atoms with Crippen molar-refractivity contribution in [1.29, 1.82) is 0 Å². The van der Waals surface area contributed by atoms with Crippen LogP contribution in [0.15, 0.2) is 60.9 Å². The summed E-state index contributed by atoms with van der Waals surface area (Å²) in [6.45, 7) is 4.81. The molecule has 1 N–H and O–H groups in total. The van der Waals surface area contributed by atoms with Crippen LogP contribution in [0.4, 0.5) is 23.0 Å². The van der Waals surface area contributed by atoms with Crippen LogP contribution in [0, 0.1) is 0 Å². The Bertz CT molecular complexity index is 1270. The number of methoxy groups -OCH3 is 1. The molecular weight excluding hydrogens is 480 g/mol. The maximum atomic E-state index is 5.96. The van der Waals surface area contributed by atoms with E-state index in [4.69, 9.17) is 14.3 Å². The van der Waals surface area contributed by atoms with Gasteiger partial charge in [0.1, 0.15) is 17.9 Å². The molecule has 7 rings (SSSR count). The number of ether oxygens (including phenoxy) is 2. The Hall–Kier alpha value is -3.40. The van der Waals surface area contributed by atoms with Crippen molar-refractivity contribution in [2.45, 2.75) is 43.5 Å². The average Bonchev–Trinajstić information content (AvgIpc) is 3.46. The molecule has 2 unspecified atom stereocenters. The second-order valence-electron chi connectivity index (χ2n) is 10.5. The van der Waals surface area contributed by atoms with Crippen LogP contribution in [0.1, 0.15) is 30.9 Å². The molecule has 4 aliphatic heterocycles. The number of piperidine rings is 1. The zero-order valence-electron chi connectivity index (χ0n) is 21.7. The molecule has 38 heavy (non-hydrogen) atoms. The first-order valence-electron chi connectivity index (χ1n) is 13.6. The second-order valence-corrected chi connectivity index (χ2v) is 10.5. The molecule has 3 aromatic rings. The molecule has 0 amide bonds. The van der Waals surface area contributed by atoms with Crippen LogP contribution in [-0.4, -0.2) is 73.0 Å². The van der Waals surface area contributed by atoms with E-state index in [1.165, 1.54) is 24.1 Å². The Balaban J connectivity index is 1.03. The number of hydrogen-bond acceptors (Lipinski definition) is 9. The van der Waals surface area contributed by atoms with Gasteiger partial charge in [-0.15, -0.1) is 0 Å². The van der Waals surface area contributed by atoms with Crippen LogP contribution in [-0.2, 0) is 9.57 Å². The van der Waals surface area contributed by atoms with Crippen molar-refractivity contribution in [2.75, 3.05) is 55.2 Å². The lowest BCUT2D eigenvalue weighted by molar-refractivity contribution is -0.228. The normalized spacial score (nSPS) is 25.4. The van der Waals surface area contributed by atoms with Gasteiger partial charge in [-0.05, 0) is 30.5 Å². The highest BCUT2D eigenvalue weighted by atomic mass is 16.7. The molecule has 0 spiro atoms. The number of nitrogens with one attached hydrogen (secondary N) is 1. The van der Waals surface area contributed by atoms with Gasteiger partial charge in [0.05, 0.1) is 44.2 Å². The first-order valence-corrected chi connectivity index (χ1v) is 13.6. The van der Waals surface area contributed by atoms with E-state index >= 15 is 0 Å². The maximum Gasteiger partial charge on any atom is 0.158 e. The predicted molar refractivity (Wildman–Crippen MR) is 146 cm³/mol. The molecule has 4 saturated heterocycles. The van der Waals surface area contributed by atoms with Crippen molar-refractivity contribution < 1.29 is 14.3 Å². The van der Waals surface area contributed by atoms with Crippen LogP contribution in [0.2, 0.25) is 0 Å². The standard InChI is InChI=1S/C29H34N6O3/c1-36-26-15-22(33-12-9-21(10-13-33)34-17-27-25(34)18-37-27)7-8-23(26)32-28-16-29(31-19-30-28)35-24(11-14-38-35)20-5-3-2-4-6-20/h2-8,15-16,19,21,24-25,27H,9-14,17-18H2,1H3,(H,30,31,32)/t24-,25?,27?/m1/s1. The number of rotatable bonds is 7. The lowest BCUT2D eigenvalue weighted by Gasteiger charge is -2.58. The van der Waals surface area contributed by atoms with E-state index in [-0.39, 0.29) is 6.04 Å². The molecule has 0 radical (unpaired) electrons. The fraction of sp³-hybridized carbons (Fsp3) is 0.448. The summed E-state index contributed by atoms with van der Waals surface area (Å²) >= 11 is 0. The van der Waals surface area contributed by atoms with Gasteiger partial charge in [-0.25, -0.2) is 15.0 Å². The minimum absolute atomic E-state index is 0.126. The molecule has 9 heteroatoms. The van der Waals surface area contributed by atoms with E-state index in [0.717, 1.165) is 49.9 Å². The molecule has 4 aliphatic rings. The van der Waals surface area contributed by atoms with Crippen molar-refractivity contribution in [3.63, 3.8) is 0 Å². The maximum absolute atomic E-state index is 5.96. The molecule has 198 valence electrons. The summed E-state index contributed by atoms with van der Waals surface area (Å²) in [6, 6.07) is 20.2. The van der Waals surface area contributed by atoms with Crippen LogP contribution in [0.25, 0.3) is 0 Å². The molecule has 0 aliphatic carbocycles. The number of fused-ring (bicyclic) bond motifs is 1. The van der Waals surface area contributed by atoms with Crippen LogP contribution in [0.5, 0.6) is 5.75 Å². The highest BCUT2D eigenvalue weighted by Gasteiger charge is 2.50. The third kappa shape index (κ3) is 4.34. The number of benzene rings is 2. The summed E-state index contributed by atoms with van der Waals surface area (Å²) in [7, 11) is 1.71. The average molecular weight is 515 g/mol. The van der Waals surface area contributed by atoms with Gasteiger partial charge in [0.25, 0.3) is 0 Å². The predicted octanol–water partition coefficient (Wildman–Crippen LogP) is 4.16. The van der Waals surface area contributed by atoms with E-state index in [1.54, 1.807) is 13.4 Å². The van der Waals surface area contributed by atoms with Gasteiger partial charge in [0.2, 0.25) is 0 Å². The first kappa shape index (κ1) is 23.7. The summed E-state index contributed by atoms with van der Waals surface area (Å²) in [6.07, 6.45) is 5.38. The first-order chi connectivity index (χ1) is 18.8. The van der Waals surface area contributed by atoms with Gasteiger partial charge >= 0.3 is 0 Å². The minimum atomic E-state index is 0.126. The van der Waals surface area contributed by atoms with E-state index in [2.05, 4.69) is 67.5 Å². The molecule has 3 atom stereocenters. The van der Waals surface area contributed by atoms with Gasteiger partial charge in [0.15, 0.2) is 5.82 Å². The van der Waals surface area contributed by atoms with Crippen molar-refractivity contribution in [3.05, 3.63) is 66.5 Å². The Morgan fingerprint density at radius 2 is 1.87 bits per heavy atom. The number of morpholine rings is 1. The molecular formula is C29H34N6O3. The molecule has 0 bridgehead atoms. The number of hydroxylamine groups is 1. The molecule has 5 heterocycles. The smallest absolute Gasteiger partial charge is 0.158 e. The summed E-state index contributed by atoms with van der Waals surface area (Å²) in [4.78, 5) is 20.0. The summed E-state index contributed by atoms with van der Waals surface area (Å²) in [5.41, 5.74) is 3.28. The quantitative estimate of drug-likeness (QED) is 0.500. The zero-order valence-corrected chi connectivity index (χ0v) is 21.7. The van der Waals surface area contributed by atoms with E-state index in [1.807, 2.05) is 17.2 Å². The van der Waals surface area contributed by atoms with Gasteiger partial charge in [-0.2, -0.15) is 0 Å². The summed E-state index contributed by atoms with van der Waals surface area (Å²) in [5, 5.41) is 5.32. The summed E-state index contributed by atoms with van der Waals surface area (Å²) < 4.78 is 11.4. The largest absolute Gasteiger partial charge is 0.494 e. The molecule has 2 aromatic carbocycles. The van der Waals surface area contributed by atoms with Crippen molar-refractivity contribution in [3.8, 4) is 5.75 Å². The SMILES string of the molecule is COc1cc(N2CCC(N3CC4OCC43)CC2)ccc1Nc1cc(N2OCC[C@@H]2c2ccccc2)ncn1. The molecule has 9 nitrogen and oxygen atoms in total. The van der Waals surface area contributed by atoms with Gasteiger partial charge < -0.3 is 19.7 Å². The highest BCUT2D eigenvalue weighted by Crippen LogP contribution is 2.38. The molecule has 0 saturated carbocycles. The Labute approximate surface area is 223 Å². The molecule has 1 aromatic heterocycles. The van der Waals surface area contributed by atoms with Crippen molar-refractivity contribution in [2.24, 2.45) is 0 Å². The lowest BCUT2D eigenvalue weighted by atomic mass is 9.89. The summed E-state index contributed by atoms with van der Waals surface area (Å²) in [5.74, 6) is 2.22. The van der Waals surface area contributed by atoms with Crippen molar-refractivity contribution >= 4 is 23.0 Å². The van der Waals surface area contributed by atoms with E-state index < -0.39 is 0 Å². The molecule has 4 fully saturated rings. The van der Waals surface area contributed by atoms with Gasteiger partial charge in [-0.3, -0.25) is 9.74 Å². The Kier molecular flexibility index (Phi) is 6.27. The zero-order chi connectivity index (χ0) is 25.5. The number of aromatic nitrogens is 2. The number of nitrogens with zero attached hydrogens (tertiary/aromatic N) is 5. The van der Waals surface area contributed by atoms with E-state index in [9.17, 15) is 0 Å².